The van der Waals surface area contributed by atoms with Gasteiger partial charge in [-0.2, -0.15) is 0 Å². The van der Waals surface area contributed by atoms with Crippen molar-refractivity contribution in [1.82, 2.24) is 0 Å². The van der Waals surface area contributed by atoms with Crippen LogP contribution in [0.4, 0.5) is 0 Å². The van der Waals surface area contributed by atoms with E-state index in [1.54, 1.807) is 0 Å². The van der Waals surface area contributed by atoms with Crippen molar-refractivity contribution in [2.45, 2.75) is 71.3 Å². The standard InChI is InChI=1S/C14H29IO2Si/c1-11(8-9-15)10-12(18(5,6)7)13(16)17-14(2,3)4/h11-12H,8-10H2,1-7H3/t11-,12-/m0/s1. The smallest absolute Gasteiger partial charge is 0.306 e. The van der Waals surface area contributed by atoms with Crippen molar-refractivity contribution < 1.29 is 9.53 Å². The first-order valence-corrected chi connectivity index (χ1v) is 11.9. The predicted molar refractivity (Wildman–Crippen MR) is 90.2 cm³/mol. The number of carbonyl (C=O) groups excluding carboxylic acids is 1. The summed E-state index contributed by atoms with van der Waals surface area (Å²) in [6.07, 6.45) is 2.16. The molecule has 0 N–H and O–H groups in total. The topological polar surface area (TPSA) is 26.3 Å². The van der Waals surface area contributed by atoms with Crippen LogP contribution in [0.5, 0.6) is 0 Å². The summed E-state index contributed by atoms with van der Waals surface area (Å²) in [6.45, 7) is 14.9. The first-order chi connectivity index (χ1) is 7.97. The van der Waals surface area contributed by atoms with Crippen LogP contribution in [-0.4, -0.2) is 24.1 Å². The van der Waals surface area contributed by atoms with Gasteiger partial charge < -0.3 is 4.74 Å². The molecule has 0 rings (SSSR count). The van der Waals surface area contributed by atoms with Crippen molar-refractivity contribution in [2.75, 3.05) is 4.43 Å². The Morgan fingerprint density at radius 1 is 1.28 bits per heavy atom. The van der Waals surface area contributed by atoms with Crippen molar-refractivity contribution in [3.8, 4) is 0 Å². The maximum atomic E-state index is 12.4. The molecule has 4 heteroatoms. The van der Waals surface area contributed by atoms with Crippen LogP contribution in [0.2, 0.25) is 25.2 Å². The number of carbonyl (C=O) groups is 1. The van der Waals surface area contributed by atoms with Crippen molar-refractivity contribution >= 4 is 36.6 Å². The summed E-state index contributed by atoms with van der Waals surface area (Å²) in [7, 11) is -1.52. The quantitative estimate of drug-likeness (QED) is 0.282. The average Bonchev–Trinajstić information content (AvgIpc) is 2.09. The molecule has 0 fully saturated rings. The number of rotatable bonds is 6. The third-order valence-corrected chi connectivity index (χ3v) is 6.16. The number of hydrogen-bond donors (Lipinski definition) is 0. The number of hydrogen-bond acceptors (Lipinski definition) is 2. The highest BCUT2D eigenvalue weighted by Crippen LogP contribution is 2.33. The molecule has 0 aromatic heterocycles. The van der Waals surface area contributed by atoms with Gasteiger partial charge in [0.15, 0.2) is 0 Å². The highest BCUT2D eigenvalue weighted by Gasteiger charge is 2.36. The number of alkyl halides is 1. The molecule has 0 aromatic rings. The minimum absolute atomic E-state index is 0.0157. The van der Waals surface area contributed by atoms with E-state index in [2.05, 4.69) is 49.2 Å². The second-order valence-electron chi connectivity index (χ2n) is 7.27. The largest absolute Gasteiger partial charge is 0.460 e. The van der Waals surface area contributed by atoms with E-state index < -0.39 is 8.07 Å². The summed E-state index contributed by atoms with van der Waals surface area (Å²) in [4.78, 5) is 12.4. The highest BCUT2D eigenvalue weighted by molar-refractivity contribution is 14.1. The monoisotopic (exact) mass is 384 g/mol. The van der Waals surface area contributed by atoms with Crippen LogP contribution in [0.1, 0.15) is 40.5 Å². The summed E-state index contributed by atoms with van der Waals surface area (Å²) < 4.78 is 6.76. The van der Waals surface area contributed by atoms with Crippen molar-refractivity contribution in [1.29, 1.82) is 0 Å². The fraction of sp³-hybridized carbons (Fsp3) is 0.929. The van der Waals surface area contributed by atoms with Gasteiger partial charge in [0, 0.05) is 0 Å². The number of ether oxygens (including phenoxy) is 1. The van der Waals surface area contributed by atoms with Gasteiger partial charge in [-0.25, -0.2) is 0 Å². The van der Waals surface area contributed by atoms with Crippen LogP contribution in [0.25, 0.3) is 0 Å². The maximum Gasteiger partial charge on any atom is 0.306 e. The molecular formula is C14H29IO2Si. The van der Waals surface area contributed by atoms with E-state index in [1.165, 1.54) is 6.42 Å². The zero-order valence-electron chi connectivity index (χ0n) is 13.0. The zero-order chi connectivity index (χ0) is 14.6. The van der Waals surface area contributed by atoms with Gasteiger partial charge in [0.05, 0.1) is 13.6 Å². The lowest BCUT2D eigenvalue weighted by Crippen LogP contribution is -2.38. The predicted octanol–water partition coefficient (Wildman–Crippen LogP) is 4.89. The minimum atomic E-state index is -1.52. The van der Waals surface area contributed by atoms with Gasteiger partial charge in [0.1, 0.15) is 5.60 Å². The Morgan fingerprint density at radius 3 is 2.11 bits per heavy atom. The molecule has 0 amide bonds. The highest BCUT2D eigenvalue weighted by atomic mass is 127. The maximum absolute atomic E-state index is 12.4. The lowest BCUT2D eigenvalue weighted by Gasteiger charge is -2.32. The van der Waals surface area contributed by atoms with Gasteiger partial charge in [-0.05, 0) is 44.0 Å². The molecule has 0 aliphatic carbocycles. The molecule has 0 bridgehead atoms. The summed E-state index contributed by atoms with van der Waals surface area (Å²) in [6, 6.07) is 0. The number of halogens is 1. The van der Waals surface area contributed by atoms with Gasteiger partial charge in [-0.15, -0.1) is 0 Å². The van der Waals surface area contributed by atoms with Crippen molar-refractivity contribution in [2.24, 2.45) is 5.92 Å². The Labute approximate surface area is 127 Å². The molecule has 0 radical (unpaired) electrons. The van der Waals surface area contributed by atoms with Crippen LogP contribution in [0.15, 0.2) is 0 Å². The Bertz CT molecular complexity index is 266. The average molecular weight is 384 g/mol. The zero-order valence-corrected chi connectivity index (χ0v) is 16.1. The molecule has 0 saturated carbocycles. The molecule has 0 aliphatic heterocycles. The van der Waals surface area contributed by atoms with Crippen LogP contribution >= 0.6 is 22.6 Å². The van der Waals surface area contributed by atoms with Gasteiger partial charge in [-0.1, -0.05) is 49.2 Å². The summed E-state index contributed by atoms with van der Waals surface area (Å²) in [5.74, 6) is 0.619. The van der Waals surface area contributed by atoms with Crippen LogP contribution in [0.3, 0.4) is 0 Å². The van der Waals surface area contributed by atoms with Crippen molar-refractivity contribution in [3.63, 3.8) is 0 Å². The summed E-state index contributed by atoms with van der Waals surface area (Å²) in [5, 5.41) is 0. The summed E-state index contributed by atoms with van der Waals surface area (Å²) >= 11 is 2.41. The Hall–Kier alpha value is 0.417. The van der Waals surface area contributed by atoms with Crippen LogP contribution in [-0.2, 0) is 9.53 Å². The van der Waals surface area contributed by atoms with Gasteiger partial charge in [-0.3, -0.25) is 4.79 Å². The molecule has 2 nitrogen and oxygen atoms in total. The molecule has 0 aliphatic rings. The van der Waals surface area contributed by atoms with E-state index in [9.17, 15) is 4.79 Å². The fourth-order valence-electron chi connectivity index (χ4n) is 1.88. The van der Waals surface area contributed by atoms with Crippen molar-refractivity contribution in [3.05, 3.63) is 0 Å². The second-order valence-corrected chi connectivity index (χ2v) is 13.8. The molecule has 0 aromatic carbocycles. The Balaban J connectivity index is 4.75. The number of esters is 1. The molecule has 108 valence electrons. The van der Waals surface area contributed by atoms with E-state index in [-0.39, 0.29) is 17.1 Å². The Morgan fingerprint density at radius 2 is 1.78 bits per heavy atom. The lowest BCUT2D eigenvalue weighted by atomic mass is 10.0. The Kier molecular flexibility index (Phi) is 7.43. The van der Waals surface area contributed by atoms with E-state index in [0.29, 0.717) is 5.92 Å². The fourth-order valence-corrected chi connectivity index (χ4v) is 4.82. The first kappa shape index (κ1) is 18.4. The first-order valence-electron chi connectivity index (χ1n) is 6.76. The molecule has 0 unspecified atom stereocenters. The molecule has 0 saturated heterocycles. The van der Waals surface area contributed by atoms with E-state index in [1.807, 2.05) is 20.8 Å². The molecular weight excluding hydrogens is 355 g/mol. The minimum Gasteiger partial charge on any atom is -0.460 e. The SMILES string of the molecule is C[C@@H](CCI)C[C@@H](C(=O)OC(C)(C)C)[Si](C)(C)C. The van der Waals surface area contributed by atoms with Gasteiger partial charge in [0.25, 0.3) is 0 Å². The van der Waals surface area contributed by atoms with E-state index in [4.69, 9.17) is 4.74 Å². The third-order valence-electron chi connectivity index (χ3n) is 2.98. The summed E-state index contributed by atoms with van der Waals surface area (Å²) in [5.41, 5.74) is -0.253. The van der Waals surface area contributed by atoms with Gasteiger partial charge in [0.2, 0.25) is 0 Å². The van der Waals surface area contributed by atoms with Crippen LogP contribution in [0, 0.1) is 5.92 Å². The van der Waals surface area contributed by atoms with E-state index >= 15 is 0 Å². The third kappa shape index (κ3) is 7.76. The normalized spacial score (nSPS) is 16.2. The van der Waals surface area contributed by atoms with E-state index in [0.717, 1.165) is 10.8 Å². The van der Waals surface area contributed by atoms with Gasteiger partial charge >= 0.3 is 5.97 Å². The second kappa shape index (κ2) is 7.27. The molecule has 0 heterocycles. The molecule has 2 atom stereocenters. The van der Waals surface area contributed by atoms with Crippen LogP contribution < -0.4 is 0 Å². The molecule has 0 spiro atoms. The lowest BCUT2D eigenvalue weighted by molar-refractivity contribution is -0.155. The molecule has 18 heavy (non-hydrogen) atoms.